The van der Waals surface area contributed by atoms with E-state index < -0.39 is 5.91 Å². The Bertz CT molecular complexity index is 494. The highest BCUT2D eigenvalue weighted by Crippen LogP contribution is 2.17. The van der Waals surface area contributed by atoms with Gasteiger partial charge >= 0.3 is 0 Å². The summed E-state index contributed by atoms with van der Waals surface area (Å²) in [4.78, 5) is 11.2. The molecule has 0 spiro atoms. The van der Waals surface area contributed by atoms with Crippen molar-refractivity contribution in [3.8, 4) is 5.75 Å². The second-order valence-corrected chi connectivity index (χ2v) is 4.37. The Morgan fingerprint density at radius 3 is 2.82 bits per heavy atom. The molecule has 1 amide bonds. The van der Waals surface area contributed by atoms with Gasteiger partial charge in [-0.2, -0.15) is 11.3 Å². The molecule has 0 aliphatic heterocycles. The number of nitrogens with two attached hydrogens (primary N) is 1. The lowest BCUT2D eigenvalue weighted by Crippen LogP contribution is -2.13. The average Bonchev–Trinajstić information content (AvgIpc) is 2.82. The van der Waals surface area contributed by atoms with Crippen molar-refractivity contribution in [3.05, 3.63) is 52.2 Å². The summed E-state index contributed by atoms with van der Waals surface area (Å²) in [7, 11) is 0. The van der Waals surface area contributed by atoms with Gasteiger partial charge in [-0.15, -0.1) is 0 Å². The lowest BCUT2D eigenvalue weighted by atomic mass is 10.2. The minimum absolute atomic E-state index is 0.429. The van der Waals surface area contributed by atoms with Crippen LogP contribution in [0.5, 0.6) is 5.75 Å². The van der Waals surface area contributed by atoms with Crippen LogP contribution < -0.4 is 10.5 Å². The average molecular weight is 247 g/mol. The SMILES string of the molecule is NC(=O)c1ccccc1OCCc1ccsc1. The molecule has 1 aromatic heterocycles. The Morgan fingerprint density at radius 1 is 1.29 bits per heavy atom. The van der Waals surface area contributed by atoms with E-state index >= 15 is 0 Å². The van der Waals surface area contributed by atoms with E-state index in [9.17, 15) is 4.79 Å². The van der Waals surface area contributed by atoms with E-state index in [1.54, 1.807) is 29.5 Å². The predicted octanol–water partition coefficient (Wildman–Crippen LogP) is 2.47. The van der Waals surface area contributed by atoms with Gasteiger partial charge in [-0.25, -0.2) is 0 Å². The summed E-state index contributed by atoms with van der Waals surface area (Å²) in [5.74, 6) is 0.0892. The van der Waals surface area contributed by atoms with Gasteiger partial charge in [-0.05, 0) is 34.5 Å². The second-order valence-electron chi connectivity index (χ2n) is 3.59. The van der Waals surface area contributed by atoms with Gasteiger partial charge in [0.05, 0.1) is 12.2 Å². The van der Waals surface area contributed by atoms with Crippen LogP contribution in [-0.4, -0.2) is 12.5 Å². The number of primary amides is 1. The van der Waals surface area contributed by atoms with E-state index in [1.165, 1.54) is 5.56 Å². The van der Waals surface area contributed by atoms with E-state index in [0.717, 1.165) is 6.42 Å². The Labute approximate surface area is 104 Å². The third-order valence-corrected chi connectivity index (χ3v) is 3.11. The van der Waals surface area contributed by atoms with Crippen LogP contribution in [0.15, 0.2) is 41.1 Å². The molecule has 2 aromatic rings. The minimum Gasteiger partial charge on any atom is -0.492 e. The zero-order chi connectivity index (χ0) is 12.1. The molecule has 0 aliphatic rings. The maximum Gasteiger partial charge on any atom is 0.252 e. The van der Waals surface area contributed by atoms with Crippen molar-refractivity contribution in [2.45, 2.75) is 6.42 Å². The minimum atomic E-state index is -0.462. The lowest BCUT2D eigenvalue weighted by Gasteiger charge is -2.08. The third kappa shape index (κ3) is 3.07. The van der Waals surface area contributed by atoms with Crippen molar-refractivity contribution in [1.29, 1.82) is 0 Å². The quantitative estimate of drug-likeness (QED) is 0.882. The second kappa shape index (κ2) is 5.50. The smallest absolute Gasteiger partial charge is 0.252 e. The summed E-state index contributed by atoms with van der Waals surface area (Å²) in [6, 6.07) is 9.09. The van der Waals surface area contributed by atoms with Crippen LogP contribution in [-0.2, 0) is 6.42 Å². The van der Waals surface area contributed by atoms with Crippen LogP contribution in [0.3, 0.4) is 0 Å². The van der Waals surface area contributed by atoms with Gasteiger partial charge < -0.3 is 10.5 Å². The molecule has 88 valence electrons. The van der Waals surface area contributed by atoms with Crippen molar-refractivity contribution in [3.63, 3.8) is 0 Å². The number of ether oxygens (including phenoxy) is 1. The van der Waals surface area contributed by atoms with Crippen LogP contribution in [0, 0.1) is 0 Å². The monoisotopic (exact) mass is 247 g/mol. The zero-order valence-electron chi connectivity index (χ0n) is 9.26. The van der Waals surface area contributed by atoms with Gasteiger partial charge in [0.25, 0.3) is 5.91 Å². The number of thiophene rings is 1. The maximum absolute atomic E-state index is 11.2. The van der Waals surface area contributed by atoms with Gasteiger partial charge in [0.1, 0.15) is 5.75 Å². The molecular formula is C13H13NO2S. The van der Waals surface area contributed by atoms with E-state index in [4.69, 9.17) is 10.5 Å². The van der Waals surface area contributed by atoms with Gasteiger partial charge in [-0.1, -0.05) is 12.1 Å². The maximum atomic E-state index is 11.2. The summed E-state index contributed by atoms with van der Waals surface area (Å²) in [6.45, 7) is 0.543. The molecule has 2 rings (SSSR count). The number of amides is 1. The molecule has 0 bridgehead atoms. The molecule has 0 saturated carbocycles. The molecular weight excluding hydrogens is 234 g/mol. The molecule has 3 nitrogen and oxygen atoms in total. The highest BCUT2D eigenvalue weighted by molar-refractivity contribution is 7.07. The molecule has 0 unspecified atom stereocenters. The van der Waals surface area contributed by atoms with Crippen LogP contribution in [0.4, 0.5) is 0 Å². The fourth-order valence-electron chi connectivity index (χ4n) is 1.51. The molecule has 4 heteroatoms. The topological polar surface area (TPSA) is 52.3 Å². The normalized spacial score (nSPS) is 10.1. The number of rotatable bonds is 5. The molecule has 0 fully saturated rings. The summed E-state index contributed by atoms with van der Waals surface area (Å²) in [5, 5.41) is 4.12. The first kappa shape index (κ1) is 11.7. The third-order valence-electron chi connectivity index (χ3n) is 2.38. The Kier molecular flexibility index (Phi) is 3.77. The van der Waals surface area contributed by atoms with Crippen molar-refractivity contribution in [2.24, 2.45) is 5.73 Å². The van der Waals surface area contributed by atoms with Crippen LogP contribution >= 0.6 is 11.3 Å². The van der Waals surface area contributed by atoms with Gasteiger partial charge in [0, 0.05) is 6.42 Å². The predicted molar refractivity (Wildman–Crippen MR) is 68.5 cm³/mol. The Morgan fingerprint density at radius 2 is 2.12 bits per heavy atom. The number of para-hydroxylation sites is 1. The first-order chi connectivity index (χ1) is 8.27. The first-order valence-corrected chi connectivity index (χ1v) is 6.24. The van der Waals surface area contributed by atoms with Crippen molar-refractivity contribution >= 4 is 17.2 Å². The van der Waals surface area contributed by atoms with E-state index in [1.807, 2.05) is 11.4 Å². The Balaban J connectivity index is 1.97. The van der Waals surface area contributed by atoms with Gasteiger partial charge in [0.15, 0.2) is 0 Å². The largest absolute Gasteiger partial charge is 0.492 e. The molecule has 0 radical (unpaired) electrons. The summed E-state index contributed by atoms with van der Waals surface area (Å²) >= 11 is 1.66. The number of benzene rings is 1. The molecule has 0 atom stereocenters. The standard InChI is InChI=1S/C13H13NO2S/c14-13(15)11-3-1-2-4-12(11)16-7-5-10-6-8-17-9-10/h1-4,6,8-9H,5,7H2,(H2,14,15). The van der Waals surface area contributed by atoms with Crippen LogP contribution in [0.1, 0.15) is 15.9 Å². The van der Waals surface area contributed by atoms with Crippen LogP contribution in [0.25, 0.3) is 0 Å². The summed E-state index contributed by atoms with van der Waals surface area (Å²) < 4.78 is 5.58. The number of carbonyl (C=O) groups excluding carboxylic acids is 1. The molecule has 0 saturated heterocycles. The fourth-order valence-corrected chi connectivity index (χ4v) is 2.21. The number of hydrogen-bond donors (Lipinski definition) is 1. The van der Waals surface area contributed by atoms with E-state index in [-0.39, 0.29) is 0 Å². The number of hydrogen-bond acceptors (Lipinski definition) is 3. The zero-order valence-corrected chi connectivity index (χ0v) is 10.1. The van der Waals surface area contributed by atoms with Crippen molar-refractivity contribution < 1.29 is 9.53 Å². The molecule has 1 heterocycles. The summed E-state index contributed by atoms with van der Waals surface area (Å²) in [5.41, 5.74) is 6.93. The van der Waals surface area contributed by atoms with Crippen molar-refractivity contribution in [1.82, 2.24) is 0 Å². The fraction of sp³-hybridized carbons (Fsp3) is 0.154. The molecule has 0 aliphatic carbocycles. The highest BCUT2D eigenvalue weighted by atomic mass is 32.1. The van der Waals surface area contributed by atoms with Crippen molar-refractivity contribution in [2.75, 3.05) is 6.61 Å². The van der Waals surface area contributed by atoms with E-state index in [2.05, 4.69) is 11.4 Å². The van der Waals surface area contributed by atoms with E-state index in [0.29, 0.717) is 17.9 Å². The highest BCUT2D eigenvalue weighted by Gasteiger charge is 2.07. The Hall–Kier alpha value is -1.81. The lowest BCUT2D eigenvalue weighted by molar-refractivity contribution is 0.0996. The van der Waals surface area contributed by atoms with Gasteiger partial charge in [0.2, 0.25) is 0 Å². The molecule has 17 heavy (non-hydrogen) atoms. The molecule has 2 N–H and O–H groups in total. The molecule has 1 aromatic carbocycles. The first-order valence-electron chi connectivity index (χ1n) is 5.30. The number of carbonyl (C=O) groups is 1. The van der Waals surface area contributed by atoms with Gasteiger partial charge in [-0.3, -0.25) is 4.79 Å². The van der Waals surface area contributed by atoms with Crippen LogP contribution in [0.2, 0.25) is 0 Å². The summed E-state index contributed by atoms with van der Waals surface area (Å²) in [6.07, 6.45) is 0.830.